The normalized spacial score (nSPS) is 13.3. The van der Waals surface area contributed by atoms with E-state index in [9.17, 15) is 0 Å². The zero-order valence-electron chi connectivity index (χ0n) is 15.9. The Morgan fingerprint density at radius 2 is 1.96 bits per heavy atom. The number of anilines is 2. The molecule has 5 heteroatoms. The monoisotopic (exact) mass is 372 g/mol. The van der Waals surface area contributed by atoms with Crippen molar-refractivity contribution >= 4 is 11.5 Å². The second-order valence-electron chi connectivity index (χ2n) is 6.68. The highest BCUT2D eigenvalue weighted by atomic mass is 16.5. The lowest BCUT2D eigenvalue weighted by Gasteiger charge is -2.26. The Morgan fingerprint density at radius 3 is 2.82 bits per heavy atom. The van der Waals surface area contributed by atoms with Crippen molar-refractivity contribution < 1.29 is 4.74 Å². The SMILES string of the molecule is COc1cccc(CCc2cc(N3CC=CC=C3Nc3ccccc3)n[nH]2)c1. The number of rotatable bonds is 7. The summed E-state index contributed by atoms with van der Waals surface area (Å²) in [7, 11) is 1.70. The topological polar surface area (TPSA) is 53.2 Å². The van der Waals surface area contributed by atoms with Gasteiger partial charge in [-0.25, -0.2) is 0 Å². The predicted molar refractivity (Wildman–Crippen MR) is 114 cm³/mol. The number of methoxy groups -OCH3 is 1. The van der Waals surface area contributed by atoms with Gasteiger partial charge in [0.1, 0.15) is 11.6 Å². The molecule has 0 radical (unpaired) electrons. The molecule has 0 saturated carbocycles. The molecular weight excluding hydrogens is 348 g/mol. The number of ether oxygens (including phenoxy) is 1. The van der Waals surface area contributed by atoms with Crippen molar-refractivity contribution in [2.45, 2.75) is 12.8 Å². The van der Waals surface area contributed by atoms with Crippen LogP contribution < -0.4 is 15.0 Å². The molecule has 1 aliphatic heterocycles. The quantitative estimate of drug-likeness (QED) is 0.640. The van der Waals surface area contributed by atoms with Gasteiger partial charge in [0.05, 0.1) is 7.11 Å². The van der Waals surface area contributed by atoms with Crippen LogP contribution in [0, 0.1) is 0 Å². The van der Waals surface area contributed by atoms with Crippen LogP contribution in [-0.2, 0) is 12.8 Å². The fourth-order valence-corrected chi connectivity index (χ4v) is 3.23. The molecule has 0 fully saturated rings. The zero-order valence-corrected chi connectivity index (χ0v) is 15.9. The van der Waals surface area contributed by atoms with Gasteiger partial charge in [0.15, 0.2) is 5.82 Å². The average Bonchev–Trinajstić information content (AvgIpc) is 3.22. The minimum atomic E-state index is 0.784. The van der Waals surface area contributed by atoms with Crippen molar-refractivity contribution in [3.8, 4) is 5.75 Å². The predicted octanol–water partition coefficient (Wildman–Crippen LogP) is 4.53. The van der Waals surface area contributed by atoms with Crippen LogP contribution in [0.25, 0.3) is 0 Å². The standard InChI is InChI=1S/C23H24N4O/c1-28-21-11-7-8-18(16-21)13-14-20-17-23(26-25-20)27-15-6-5-12-22(27)24-19-9-3-2-4-10-19/h2-12,16-17,24H,13-15H2,1H3,(H,25,26). The van der Waals surface area contributed by atoms with Crippen molar-refractivity contribution in [1.82, 2.24) is 10.2 Å². The van der Waals surface area contributed by atoms with Gasteiger partial charge in [-0.3, -0.25) is 5.10 Å². The molecular formula is C23H24N4O. The molecule has 0 bridgehead atoms. The molecule has 0 unspecified atom stereocenters. The summed E-state index contributed by atoms with van der Waals surface area (Å²) in [4.78, 5) is 2.17. The second kappa shape index (κ2) is 8.48. The third-order valence-corrected chi connectivity index (χ3v) is 4.73. The molecule has 2 N–H and O–H groups in total. The Hall–Kier alpha value is -3.47. The lowest BCUT2D eigenvalue weighted by Crippen LogP contribution is -2.29. The molecule has 2 aromatic carbocycles. The first-order valence-corrected chi connectivity index (χ1v) is 9.45. The number of aromatic amines is 1. The number of H-pyrrole nitrogens is 1. The molecule has 0 aliphatic carbocycles. The van der Waals surface area contributed by atoms with E-state index in [4.69, 9.17) is 4.74 Å². The van der Waals surface area contributed by atoms with Crippen LogP contribution in [0.5, 0.6) is 5.75 Å². The summed E-state index contributed by atoms with van der Waals surface area (Å²) in [5, 5.41) is 11.2. The van der Waals surface area contributed by atoms with Gasteiger partial charge in [0.25, 0.3) is 0 Å². The molecule has 28 heavy (non-hydrogen) atoms. The Morgan fingerprint density at radius 1 is 1.07 bits per heavy atom. The van der Waals surface area contributed by atoms with Crippen LogP contribution in [0.3, 0.4) is 0 Å². The average molecular weight is 372 g/mol. The van der Waals surface area contributed by atoms with Crippen molar-refractivity contribution in [3.63, 3.8) is 0 Å². The molecule has 0 spiro atoms. The number of benzene rings is 2. The Bertz CT molecular complexity index is 975. The van der Waals surface area contributed by atoms with Gasteiger partial charge in [-0.15, -0.1) is 0 Å². The molecule has 1 aliphatic rings. The van der Waals surface area contributed by atoms with E-state index in [0.29, 0.717) is 0 Å². The van der Waals surface area contributed by atoms with E-state index in [0.717, 1.165) is 48.2 Å². The van der Waals surface area contributed by atoms with Crippen LogP contribution in [0.15, 0.2) is 84.7 Å². The van der Waals surface area contributed by atoms with Crippen LogP contribution in [0.4, 0.5) is 11.5 Å². The lowest BCUT2D eigenvalue weighted by molar-refractivity contribution is 0.414. The van der Waals surface area contributed by atoms with E-state index in [1.165, 1.54) is 5.56 Å². The summed E-state index contributed by atoms with van der Waals surface area (Å²) in [6.45, 7) is 0.784. The lowest BCUT2D eigenvalue weighted by atomic mass is 10.1. The van der Waals surface area contributed by atoms with E-state index >= 15 is 0 Å². The molecule has 142 valence electrons. The summed E-state index contributed by atoms with van der Waals surface area (Å²) < 4.78 is 5.30. The largest absolute Gasteiger partial charge is 0.497 e. The number of para-hydroxylation sites is 1. The molecule has 0 atom stereocenters. The summed E-state index contributed by atoms with van der Waals surface area (Å²) in [5.41, 5.74) is 3.43. The van der Waals surface area contributed by atoms with Gasteiger partial charge in [0.2, 0.25) is 0 Å². The highest BCUT2D eigenvalue weighted by Crippen LogP contribution is 2.23. The van der Waals surface area contributed by atoms with Crippen molar-refractivity contribution in [3.05, 3.63) is 96.0 Å². The van der Waals surface area contributed by atoms with Crippen molar-refractivity contribution in [1.29, 1.82) is 0 Å². The van der Waals surface area contributed by atoms with Crippen molar-refractivity contribution in [2.24, 2.45) is 0 Å². The third kappa shape index (κ3) is 4.26. The molecule has 2 heterocycles. The van der Waals surface area contributed by atoms with E-state index in [-0.39, 0.29) is 0 Å². The van der Waals surface area contributed by atoms with Crippen LogP contribution in [-0.4, -0.2) is 23.9 Å². The number of nitrogens with zero attached hydrogens (tertiary/aromatic N) is 2. The van der Waals surface area contributed by atoms with E-state index in [1.807, 2.05) is 30.3 Å². The second-order valence-corrected chi connectivity index (χ2v) is 6.68. The summed E-state index contributed by atoms with van der Waals surface area (Å²) in [6, 6.07) is 20.5. The summed E-state index contributed by atoms with van der Waals surface area (Å²) >= 11 is 0. The number of aromatic nitrogens is 2. The first-order chi connectivity index (χ1) is 13.8. The van der Waals surface area contributed by atoms with Crippen molar-refractivity contribution in [2.75, 3.05) is 23.9 Å². The first kappa shape index (κ1) is 17.9. The van der Waals surface area contributed by atoms with Crippen LogP contribution >= 0.6 is 0 Å². The maximum atomic E-state index is 5.30. The number of allylic oxidation sites excluding steroid dienone is 2. The van der Waals surface area contributed by atoms with Crippen LogP contribution in [0.1, 0.15) is 11.3 Å². The molecule has 0 saturated heterocycles. The minimum absolute atomic E-state index is 0.784. The Kier molecular flexibility index (Phi) is 5.43. The number of nitrogens with one attached hydrogen (secondary N) is 2. The smallest absolute Gasteiger partial charge is 0.156 e. The fourth-order valence-electron chi connectivity index (χ4n) is 3.23. The molecule has 5 nitrogen and oxygen atoms in total. The Labute approximate surface area is 165 Å². The highest BCUT2D eigenvalue weighted by molar-refractivity contribution is 5.58. The maximum Gasteiger partial charge on any atom is 0.156 e. The number of aryl methyl sites for hydroxylation is 2. The van der Waals surface area contributed by atoms with Crippen LogP contribution in [0.2, 0.25) is 0 Å². The molecule has 4 rings (SSSR count). The molecule has 3 aromatic rings. The summed E-state index contributed by atoms with van der Waals surface area (Å²) in [5.74, 6) is 2.82. The third-order valence-electron chi connectivity index (χ3n) is 4.73. The first-order valence-electron chi connectivity index (χ1n) is 9.45. The van der Waals surface area contributed by atoms with Gasteiger partial charge >= 0.3 is 0 Å². The summed E-state index contributed by atoms with van der Waals surface area (Å²) in [6.07, 6.45) is 8.10. The van der Waals surface area contributed by atoms with Gasteiger partial charge in [-0.2, -0.15) is 5.10 Å². The van der Waals surface area contributed by atoms with E-state index in [1.54, 1.807) is 7.11 Å². The zero-order chi connectivity index (χ0) is 19.2. The Balaban J connectivity index is 1.43. The minimum Gasteiger partial charge on any atom is -0.497 e. The number of hydrogen-bond acceptors (Lipinski definition) is 4. The number of hydrogen-bond donors (Lipinski definition) is 2. The maximum absolute atomic E-state index is 5.30. The molecule has 0 amide bonds. The van der Waals surface area contributed by atoms with Gasteiger partial charge < -0.3 is 15.0 Å². The van der Waals surface area contributed by atoms with Gasteiger partial charge in [-0.05, 0) is 48.7 Å². The van der Waals surface area contributed by atoms with Gasteiger partial charge in [-0.1, -0.05) is 42.5 Å². The fraction of sp³-hybridized carbons (Fsp3) is 0.174. The van der Waals surface area contributed by atoms with E-state index < -0.39 is 0 Å². The molecule has 1 aromatic heterocycles. The van der Waals surface area contributed by atoms with Gasteiger partial charge in [0, 0.05) is 24.0 Å². The highest BCUT2D eigenvalue weighted by Gasteiger charge is 2.16. The van der Waals surface area contributed by atoms with E-state index in [2.05, 4.69) is 69.0 Å².